The second-order valence-electron chi connectivity index (χ2n) is 5.45. The number of nitrogens with one attached hydrogen (secondary N) is 1. The van der Waals surface area contributed by atoms with E-state index in [1.165, 1.54) is 24.8 Å². The summed E-state index contributed by atoms with van der Waals surface area (Å²) in [7, 11) is 0. The van der Waals surface area contributed by atoms with Gasteiger partial charge in [-0.15, -0.1) is 0 Å². The Kier molecular flexibility index (Phi) is 6.34. The van der Waals surface area contributed by atoms with Crippen LogP contribution in [0.15, 0.2) is 24.3 Å². The molecule has 0 saturated carbocycles. The molecule has 1 heterocycles. The summed E-state index contributed by atoms with van der Waals surface area (Å²) in [5, 5.41) is 3.44. The van der Waals surface area contributed by atoms with E-state index >= 15 is 0 Å². The Labute approximate surface area is 123 Å². The smallest absolute Gasteiger partial charge is 0.119 e. The lowest BCUT2D eigenvalue weighted by atomic mass is 9.98. The van der Waals surface area contributed by atoms with Crippen LogP contribution in [0.1, 0.15) is 44.7 Å². The van der Waals surface area contributed by atoms with Crippen LogP contribution in [-0.2, 0) is 0 Å². The van der Waals surface area contributed by atoms with Gasteiger partial charge in [0.25, 0.3) is 0 Å². The van der Waals surface area contributed by atoms with E-state index in [0.29, 0.717) is 6.04 Å². The van der Waals surface area contributed by atoms with Crippen molar-refractivity contribution in [3.63, 3.8) is 0 Å². The Morgan fingerprint density at radius 2 is 1.85 bits per heavy atom. The molecule has 1 aliphatic heterocycles. The maximum Gasteiger partial charge on any atom is 0.119 e. The summed E-state index contributed by atoms with van der Waals surface area (Å²) >= 11 is 0. The minimum Gasteiger partial charge on any atom is -0.494 e. The second-order valence-corrected chi connectivity index (χ2v) is 5.45. The molecule has 1 N–H and O–H groups in total. The van der Waals surface area contributed by atoms with E-state index in [1.807, 2.05) is 6.92 Å². The molecule has 0 bridgehead atoms. The number of piperazine rings is 1. The number of nitrogens with zero attached hydrogens (tertiary/aromatic N) is 1. The van der Waals surface area contributed by atoms with Gasteiger partial charge in [0.2, 0.25) is 0 Å². The summed E-state index contributed by atoms with van der Waals surface area (Å²) in [5.74, 6) is 0.978. The first-order valence-electron chi connectivity index (χ1n) is 8.02. The molecular weight excluding hydrogens is 248 g/mol. The fourth-order valence-electron chi connectivity index (χ4n) is 2.90. The van der Waals surface area contributed by atoms with Gasteiger partial charge in [0.15, 0.2) is 0 Å². The molecule has 1 aliphatic rings. The first-order chi connectivity index (χ1) is 9.85. The predicted octanol–water partition coefficient (Wildman–Crippen LogP) is 3.22. The summed E-state index contributed by atoms with van der Waals surface area (Å²) in [6.45, 7) is 9.56. The van der Waals surface area contributed by atoms with E-state index in [9.17, 15) is 0 Å². The van der Waals surface area contributed by atoms with Gasteiger partial charge in [-0.05, 0) is 31.0 Å². The van der Waals surface area contributed by atoms with E-state index in [2.05, 4.69) is 41.4 Å². The number of ether oxygens (including phenoxy) is 1. The molecule has 112 valence electrons. The zero-order valence-corrected chi connectivity index (χ0v) is 12.9. The highest BCUT2D eigenvalue weighted by Gasteiger charge is 2.21. The van der Waals surface area contributed by atoms with Crippen molar-refractivity contribution in [1.82, 2.24) is 10.2 Å². The van der Waals surface area contributed by atoms with Crippen molar-refractivity contribution in [1.29, 1.82) is 0 Å². The second kappa shape index (κ2) is 8.28. The van der Waals surface area contributed by atoms with E-state index in [1.54, 1.807) is 0 Å². The first kappa shape index (κ1) is 15.3. The molecule has 1 fully saturated rings. The lowest BCUT2D eigenvalue weighted by molar-refractivity contribution is 0.163. The van der Waals surface area contributed by atoms with Gasteiger partial charge >= 0.3 is 0 Å². The zero-order chi connectivity index (χ0) is 14.2. The zero-order valence-electron chi connectivity index (χ0n) is 12.9. The standard InChI is InChI=1S/C17H28N2O/c1-3-5-6-17(19-13-11-18-12-14-19)15-7-9-16(10-8-15)20-4-2/h7-10,17-18H,3-6,11-14H2,1-2H3. The van der Waals surface area contributed by atoms with Gasteiger partial charge in [0.05, 0.1) is 6.61 Å². The molecule has 0 aromatic heterocycles. The number of hydrogen-bond acceptors (Lipinski definition) is 3. The monoisotopic (exact) mass is 276 g/mol. The summed E-state index contributed by atoms with van der Waals surface area (Å²) in [6, 6.07) is 9.27. The van der Waals surface area contributed by atoms with Crippen molar-refractivity contribution in [2.24, 2.45) is 0 Å². The lowest BCUT2D eigenvalue weighted by Crippen LogP contribution is -2.45. The molecule has 1 saturated heterocycles. The van der Waals surface area contributed by atoms with Crippen LogP contribution in [-0.4, -0.2) is 37.7 Å². The van der Waals surface area contributed by atoms with Crippen LogP contribution < -0.4 is 10.1 Å². The summed E-state index contributed by atoms with van der Waals surface area (Å²) in [4.78, 5) is 2.63. The highest BCUT2D eigenvalue weighted by molar-refractivity contribution is 5.29. The van der Waals surface area contributed by atoms with Gasteiger partial charge in [-0.3, -0.25) is 4.90 Å². The van der Waals surface area contributed by atoms with Crippen LogP contribution in [0.4, 0.5) is 0 Å². The molecule has 0 spiro atoms. The molecule has 1 unspecified atom stereocenters. The summed E-state index contributed by atoms with van der Waals surface area (Å²) < 4.78 is 5.54. The molecule has 1 aromatic rings. The molecule has 3 heteroatoms. The Hall–Kier alpha value is -1.06. The van der Waals surface area contributed by atoms with Gasteiger partial charge in [-0.2, -0.15) is 0 Å². The minimum absolute atomic E-state index is 0.563. The van der Waals surface area contributed by atoms with Crippen molar-refractivity contribution in [2.75, 3.05) is 32.8 Å². The highest BCUT2D eigenvalue weighted by Crippen LogP contribution is 2.28. The average Bonchev–Trinajstić information content (AvgIpc) is 2.51. The van der Waals surface area contributed by atoms with Crippen LogP contribution in [0.5, 0.6) is 5.75 Å². The third-order valence-corrected chi connectivity index (χ3v) is 4.00. The molecule has 0 aliphatic carbocycles. The van der Waals surface area contributed by atoms with Crippen LogP contribution in [0.25, 0.3) is 0 Å². The largest absolute Gasteiger partial charge is 0.494 e. The van der Waals surface area contributed by atoms with E-state index < -0.39 is 0 Å². The molecule has 0 radical (unpaired) electrons. The third kappa shape index (κ3) is 4.22. The molecule has 3 nitrogen and oxygen atoms in total. The van der Waals surface area contributed by atoms with Crippen molar-refractivity contribution in [3.8, 4) is 5.75 Å². The maximum atomic E-state index is 5.54. The van der Waals surface area contributed by atoms with Gasteiger partial charge in [-0.1, -0.05) is 31.9 Å². The van der Waals surface area contributed by atoms with Crippen molar-refractivity contribution < 1.29 is 4.74 Å². The summed E-state index contributed by atoms with van der Waals surface area (Å²) in [5.41, 5.74) is 1.43. The van der Waals surface area contributed by atoms with Gasteiger partial charge in [-0.25, -0.2) is 0 Å². The van der Waals surface area contributed by atoms with Gasteiger partial charge in [0, 0.05) is 32.2 Å². The third-order valence-electron chi connectivity index (χ3n) is 4.00. The Morgan fingerprint density at radius 1 is 1.15 bits per heavy atom. The van der Waals surface area contributed by atoms with Crippen LogP contribution in [0, 0.1) is 0 Å². The summed E-state index contributed by atoms with van der Waals surface area (Å²) in [6.07, 6.45) is 3.81. The fraction of sp³-hybridized carbons (Fsp3) is 0.647. The molecule has 1 atom stereocenters. The molecule has 0 amide bonds. The van der Waals surface area contributed by atoms with Crippen molar-refractivity contribution in [2.45, 2.75) is 39.2 Å². The molecular formula is C17H28N2O. The van der Waals surface area contributed by atoms with Crippen LogP contribution >= 0.6 is 0 Å². The highest BCUT2D eigenvalue weighted by atomic mass is 16.5. The number of benzene rings is 1. The molecule has 1 aromatic carbocycles. The normalized spacial score (nSPS) is 17.9. The number of unbranched alkanes of at least 4 members (excludes halogenated alkanes) is 1. The average molecular weight is 276 g/mol. The Morgan fingerprint density at radius 3 is 2.45 bits per heavy atom. The van der Waals surface area contributed by atoms with Crippen molar-refractivity contribution in [3.05, 3.63) is 29.8 Å². The topological polar surface area (TPSA) is 24.5 Å². The van der Waals surface area contributed by atoms with E-state index in [4.69, 9.17) is 4.74 Å². The van der Waals surface area contributed by atoms with E-state index in [0.717, 1.165) is 38.5 Å². The molecule has 20 heavy (non-hydrogen) atoms. The van der Waals surface area contributed by atoms with Gasteiger partial charge < -0.3 is 10.1 Å². The first-order valence-corrected chi connectivity index (χ1v) is 8.02. The predicted molar refractivity (Wildman–Crippen MR) is 84.3 cm³/mol. The van der Waals surface area contributed by atoms with Crippen LogP contribution in [0.3, 0.4) is 0 Å². The quantitative estimate of drug-likeness (QED) is 0.827. The van der Waals surface area contributed by atoms with Crippen LogP contribution in [0.2, 0.25) is 0 Å². The Bertz CT molecular complexity index is 371. The SMILES string of the molecule is CCCCC(c1ccc(OCC)cc1)N1CCNCC1. The van der Waals surface area contributed by atoms with Gasteiger partial charge in [0.1, 0.15) is 5.75 Å². The number of rotatable bonds is 7. The fourth-order valence-corrected chi connectivity index (χ4v) is 2.90. The Balaban J connectivity index is 2.07. The molecule has 2 rings (SSSR count). The lowest BCUT2D eigenvalue weighted by Gasteiger charge is -2.35. The number of hydrogen-bond donors (Lipinski definition) is 1. The maximum absolute atomic E-state index is 5.54. The minimum atomic E-state index is 0.563. The van der Waals surface area contributed by atoms with Crippen molar-refractivity contribution >= 4 is 0 Å². The van der Waals surface area contributed by atoms with E-state index in [-0.39, 0.29) is 0 Å².